The van der Waals surface area contributed by atoms with Crippen LogP contribution in [-0.2, 0) is 28.6 Å². The van der Waals surface area contributed by atoms with E-state index in [9.17, 15) is 14.4 Å². The lowest BCUT2D eigenvalue weighted by atomic mass is 9.35. The van der Waals surface area contributed by atoms with Crippen molar-refractivity contribution >= 4 is 17.7 Å². The molecule has 0 radical (unpaired) electrons. The summed E-state index contributed by atoms with van der Waals surface area (Å²) in [5.41, 5.74) is -2.15. The number of epoxide rings is 1. The summed E-state index contributed by atoms with van der Waals surface area (Å²) in [6.45, 7) is 12.0. The molecule has 5 aliphatic rings. The van der Waals surface area contributed by atoms with Gasteiger partial charge in [0.2, 0.25) is 0 Å². The van der Waals surface area contributed by atoms with Gasteiger partial charge in [0, 0.05) is 28.7 Å². The number of carbonyl (C=O) groups is 3. The van der Waals surface area contributed by atoms with Crippen molar-refractivity contribution in [3.63, 3.8) is 0 Å². The number of carbonyl (C=O) groups excluding carboxylic acids is 3. The lowest BCUT2D eigenvalue weighted by Crippen LogP contribution is -2.72. The first-order chi connectivity index (χ1) is 16.3. The molecule has 2 aliphatic heterocycles. The lowest BCUT2D eigenvalue weighted by molar-refractivity contribution is -0.251. The molecule has 35 heavy (non-hydrogen) atoms. The monoisotopic (exact) mass is 482 g/mol. The van der Waals surface area contributed by atoms with Crippen LogP contribution in [0.2, 0.25) is 0 Å². The van der Waals surface area contributed by atoms with Crippen LogP contribution in [0.4, 0.5) is 0 Å². The van der Waals surface area contributed by atoms with E-state index in [0.29, 0.717) is 6.42 Å². The molecule has 3 heterocycles. The highest BCUT2D eigenvalue weighted by atomic mass is 16.7. The lowest BCUT2D eigenvalue weighted by Gasteiger charge is -2.68. The van der Waals surface area contributed by atoms with Gasteiger partial charge < -0.3 is 18.6 Å². The van der Waals surface area contributed by atoms with Gasteiger partial charge in [0.05, 0.1) is 12.5 Å². The van der Waals surface area contributed by atoms with E-state index in [-0.39, 0.29) is 35.0 Å². The van der Waals surface area contributed by atoms with Gasteiger partial charge >= 0.3 is 11.9 Å². The van der Waals surface area contributed by atoms with E-state index in [1.54, 1.807) is 18.6 Å². The largest absolute Gasteiger partial charge is 0.472 e. The number of cyclic esters (lactones) is 1. The summed E-state index contributed by atoms with van der Waals surface area (Å²) < 4.78 is 24.0. The van der Waals surface area contributed by atoms with Gasteiger partial charge in [0.25, 0.3) is 0 Å². The van der Waals surface area contributed by atoms with E-state index < -0.39 is 40.2 Å². The molecule has 4 fully saturated rings. The Hall–Kier alpha value is -2.41. The molecular formula is C28H34O7. The summed E-state index contributed by atoms with van der Waals surface area (Å²) in [6.07, 6.45) is 7.46. The maximum atomic E-state index is 13.2. The van der Waals surface area contributed by atoms with E-state index in [1.807, 2.05) is 19.9 Å². The van der Waals surface area contributed by atoms with Gasteiger partial charge in [-0.25, -0.2) is 4.79 Å². The molecule has 3 aliphatic carbocycles. The molecule has 1 spiro atoms. The molecule has 1 aromatic heterocycles. The van der Waals surface area contributed by atoms with Crippen molar-refractivity contribution in [1.29, 1.82) is 0 Å². The van der Waals surface area contributed by atoms with Crippen LogP contribution in [0.1, 0.15) is 72.5 Å². The smallest absolute Gasteiger partial charge is 0.339 e. The van der Waals surface area contributed by atoms with Gasteiger partial charge in [-0.1, -0.05) is 40.7 Å². The first-order valence-corrected chi connectivity index (χ1v) is 12.7. The average molecular weight is 483 g/mol. The summed E-state index contributed by atoms with van der Waals surface area (Å²) in [4.78, 5) is 38.6. The fourth-order valence-corrected chi connectivity index (χ4v) is 9.20. The Morgan fingerprint density at radius 2 is 1.83 bits per heavy atom. The van der Waals surface area contributed by atoms with Gasteiger partial charge in [-0.05, 0) is 48.7 Å². The van der Waals surface area contributed by atoms with Crippen molar-refractivity contribution in [2.45, 2.75) is 84.7 Å². The molecule has 9 atom stereocenters. The highest BCUT2D eigenvalue weighted by molar-refractivity contribution is 5.95. The minimum Gasteiger partial charge on any atom is -0.472 e. The highest BCUT2D eigenvalue weighted by Gasteiger charge is 2.88. The molecule has 7 nitrogen and oxygen atoms in total. The van der Waals surface area contributed by atoms with Crippen LogP contribution in [0.15, 0.2) is 35.2 Å². The topological polar surface area (TPSA) is 95.3 Å². The first kappa shape index (κ1) is 23.0. The molecule has 6 rings (SSSR count). The number of furan rings is 1. The van der Waals surface area contributed by atoms with Gasteiger partial charge in [-0.2, -0.15) is 0 Å². The summed E-state index contributed by atoms with van der Waals surface area (Å²) in [5, 5.41) is 0. The number of rotatable bonds is 2. The van der Waals surface area contributed by atoms with Crippen molar-refractivity contribution in [1.82, 2.24) is 0 Å². The van der Waals surface area contributed by atoms with E-state index in [4.69, 9.17) is 18.6 Å². The van der Waals surface area contributed by atoms with Crippen molar-refractivity contribution < 1.29 is 33.0 Å². The van der Waals surface area contributed by atoms with Crippen LogP contribution < -0.4 is 0 Å². The van der Waals surface area contributed by atoms with Crippen LogP contribution in [-0.4, -0.2) is 35.5 Å². The predicted molar refractivity (Wildman–Crippen MR) is 124 cm³/mol. The molecular weight excluding hydrogens is 448 g/mol. The van der Waals surface area contributed by atoms with Crippen LogP contribution in [0.25, 0.3) is 0 Å². The number of esters is 2. The van der Waals surface area contributed by atoms with Crippen LogP contribution in [0.5, 0.6) is 0 Å². The third-order valence-corrected chi connectivity index (χ3v) is 10.8. The van der Waals surface area contributed by atoms with Crippen LogP contribution in [0.3, 0.4) is 0 Å². The normalized spacial score (nSPS) is 49.1. The Morgan fingerprint density at radius 1 is 1.09 bits per heavy atom. The Morgan fingerprint density at radius 3 is 2.49 bits per heavy atom. The quantitative estimate of drug-likeness (QED) is 0.450. The average Bonchev–Trinajstić information content (AvgIpc) is 3.35. The van der Waals surface area contributed by atoms with Crippen molar-refractivity contribution in [2.24, 2.45) is 33.5 Å². The van der Waals surface area contributed by atoms with Gasteiger partial charge in [0.1, 0.15) is 17.8 Å². The molecule has 2 saturated carbocycles. The van der Waals surface area contributed by atoms with Gasteiger partial charge in [0.15, 0.2) is 11.9 Å². The van der Waals surface area contributed by atoms with E-state index in [1.165, 1.54) is 6.92 Å². The minimum absolute atomic E-state index is 0.00639. The maximum absolute atomic E-state index is 13.2. The Labute approximate surface area is 205 Å². The second-order valence-electron chi connectivity index (χ2n) is 12.6. The summed E-state index contributed by atoms with van der Waals surface area (Å²) in [7, 11) is 0. The molecule has 1 aromatic rings. The zero-order valence-electron chi connectivity index (χ0n) is 21.3. The zero-order valence-corrected chi connectivity index (χ0v) is 21.3. The Bertz CT molecular complexity index is 1150. The van der Waals surface area contributed by atoms with Crippen molar-refractivity contribution in [2.75, 3.05) is 0 Å². The second-order valence-corrected chi connectivity index (χ2v) is 12.6. The number of allylic oxidation sites excluding steroid dienone is 2. The molecule has 0 N–H and O–H groups in total. The number of hydrogen-bond acceptors (Lipinski definition) is 7. The second kappa shape index (κ2) is 6.67. The third kappa shape index (κ3) is 2.48. The van der Waals surface area contributed by atoms with Crippen molar-refractivity contribution in [3.05, 3.63) is 36.3 Å². The number of ether oxygens (including phenoxy) is 3. The predicted octanol–water partition coefficient (Wildman–Crippen LogP) is 4.56. The van der Waals surface area contributed by atoms with E-state index >= 15 is 0 Å². The molecule has 1 unspecified atom stereocenters. The Balaban J connectivity index is 1.55. The number of hydrogen-bond donors (Lipinski definition) is 0. The van der Waals surface area contributed by atoms with E-state index in [2.05, 4.69) is 26.8 Å². The molecule has 0 aromatic carbocycles. The minimum atomic E-state index is -0.853. The van der Waals surface area contributed by atoms with Crippen LogP contribution >= 0.6 is 0 Å². The van der Waals surface area contributed by atoms with E-state index in [0.717, 1.165) is 18.4 Å². The molecule has 7 heteroatoms. The molecule has 0 amide bonds. The van der Waals surface area contributed by atoms with Crippen molar-refractivity contribution in [3.8, 4) is 0 Å². The fourth-order valence-electron chi connectivity index (χ4n) is 9.20. The number of ketones is 1. The third-order valence-electron chi connectivity index (χ3n) is 10.8. The highest BCUT2D eigenvalue weighted by Crippen LogP contribution is 2.79. The SMILES string of the molecule is CC(=O)O[C@@H]1CC2C(C)(C)C(=O)C=C[C@]2(C)[C@H]2CC[C@@]3(C)[C@H](c4ccoc4)OC(=O)[C@H]4O[C@]43[C@]12C. The van der Waals surface area contributed by atoms with Gasteiger partial charge in [-0.3, -0.25) is 9.59 Å². The molecule has 2 saturated heterocycles. The standard InChI is InChI=1S/C28H34O7/c1-15(29)33-20-13-18-24(2,3)19(30)8-10-25(18,4)17-7-11-26(5)21(16-9-12-32-14-16)34-23(31)22-28(26,35-22)27(17,20)6/h8-10,12,14,17-18,20-22H,7,11,13H2,1-6H3/t17-,18?,20-,21+,22-,25-,26+,27+,28-/m1/s1. The first-order valence-electron chi connectivity index (χ1n) is 12.7. The zero-order chi connectivity index (χ0) is 25.2. The van der Waals surface area contributed by atoms with Gasteiger partial charge in [-0.15, -0.1) is 0 Å². The fraction of sp³-hybridized carbons (Fsp3) is 0.679. The maximum Gasteiger partial charge on any atom is 0.339 e. The Kier molecular flexibility index (Phi) is 4.38. The summed E-state index contributed by atoms with van der Waals surface area (Å²) in [6, 6.07) is 1.84. The summed E-state index contributed by atoms with van der Waals surface area (Å²) in [5.74, 6) is -0.603. The number of fused-ring (bicyclic) bond motifs is 3. The summed E-state index contributed by atoms with van der Waals surface area (Å²) >= 11 is 0. The molecule has 188 valence electrons. The molecule has 0 bridgehead atoms. The van der Waals surface area contributed by atoms with Crippen LogP contribution in [0, 0.1) is 33.5 Å².